The van der Waals surface area contributed by atoms with Crippen molar-refractivity contribution in [2.45, 2.75) is 25.7 Å². The minimum absolute atomic E-state index is 0.0163. The van der Waals surface area contributed by atoms with E-state index in [-0.39, 0.29) is 18.9 Å². The van der Waals surface area contributed by atoms with E-state index in [4.69, 9.17) is 27.9 Å². The van der Waals surface area contributed by atoms with Crippen LogP contribution in [0, 0.1) is 5.92 Å². The molecule has 0 N–H and O–H groups in total. The van der Waals surface area contributed by atoms with Crippen LogP contribution in [-0.4, -0.2) is 36.5 Å². The summed E-state index contributed by atoms with van der Waals surface area (Å²) < 4.78 is 5.15. The van der Waals surface area contributed by atoms with Crippen LogP contribution in [0.1, 0.15) is 24.0 Å². The predicted octanol–water partition coefficient (Wildman–Crippen LogP) is 4.56. The Labute approximate surface area is 175 Å². The molecule has 0 aliphatic carbocycles. The molecule has 1 heterocycles. The molecule has 0 atom stereocenters. The quantitative estimate of drug-likeness (QED) is 0.644. The Hall–Kier alpha value is -2.04. The fourth-order valence-electron chi connectivity index (χ4n) is 3.44. The second-order valence-electron chi connectivity index (χ2n) is 7.09. The van der Waals surface area contributed by atoms with Gasteiger partial charge >= 0.3 is 5.97 Å². The van der Waals surface area contributed by atoms with Crippen LogP contribution in [0.25, 0.3) is 0 Å². The van der Waals surface area contributed by atoms with Crippen molar-refractivity contribution in [1.82, 2.24) is 4.90 Å². The SMILES string of the molecule is O=C(Cc1ccc(Cl)cc1Cl)OCC(=O)N1CCC(Cc2ccccc2)CC1. The summed E-state index contributed by atoms with van der Waals surface area (Å²) in [4.78, 5) is 26.1. The van der Waals surface area contributed by atoms with Crippen LogP contribution in [0.2, 0.25) is 10.0 Å². The fourth-order valence-corrected chi connectivity index (χ4v) is 3.91. The van der Waals surface area contributed by atoms with Crippen LogP contribution in [0.3, 0.4) is 0 Å². The predicted molar refractivity (Wildman–Crippen MR) is 111 cm³/mol. The van der Waals surface area contributed by atoms with Crippen LogP contribution >= 0.6 is 23.2 Å². The van der Waals surface area contributed by atoms with Crippen molar-refractivity contribution in [2.75, 3.05) is 19.7 Å². The molecule has 0 radical (unpaired) electrons. The van der Waals surface area contributed by atoms with Gasteiger partial charge in [0.15, 0.2) is 6.61 Å². The van der Waals surface area contributed by atoms with Gasteiger partial charge in [0, 0.05) is 23.1 Å². The number of carbonyl (C=O) groups is 2. The largest absolute Gasteiger partial charge is 0.455 e. The molecule has 3 rings (SSSR count). The first kappa shape index (κ1) is 20.7. The van der Waals surface area contributed by atoms with Crippen LogP contribution in [0.5, 0.6) is 0 Å². The summed E-state index contributed by atoms with van der Waals surface area (Å²) in [6.45, 7) is 1.18. The Bertz CT molecular complexity index is 818. The molecule has 1 aliphatic heterocycles. The minimum Gasteiger partial charge on any atom is -0.455 e. The topological polar surface area (TPSA) is 46.6 Å². The summed E-state index contributed by atoms with van der Waals surface area (Å²) in [6.07, 6.45) is 2.99. The fraction of sp³-hybridized carbons (Fsp3) is 0.364. The van der Waals surface area contributed by atoms with Crippen LogP contribution in [0.4, 0.5) is 0 Å². The molecule has 1 saturated heterocycles. The maximum absolute atomic E-state index is 12.3. The number of rotatable bonds is 6. The number of likely N-dealkylation sites (tertiary alicyclic amines) is 1. The number of halogens is 2. The maximum atomic E-state index is 12.3. The number of nitrogens with zero attached hydrogens (tertiary/aromatic N) is 1. The lowest BCUT2D eigenvalue weighted by Gasteiger charge is -2.32. The Balaban J connectivity index is 1.40. The highest BCUT2D eigenvalue weighted by Gasteiger charge is 2.23. The Kier molecular flexibility index (Phi) is 7.35. The van der Waals surface area contributed by atoms with Gasteiger partial charge in [0.05, 0.1) is 6.42 Å². The lowest BCUT2D eigenvalue weighted by molar-refractivity contribution is -0.152. The van der Waals surface area contributed by atoms with Crippen molar-refractivity contribution in [3.63, 3.8) is 0 Å². The van der Waals surface area contributed by atoms with Gasteiger partial charge in [-0.3, -0.25) is 9.59 Å². The number of esters is 1. The number of piperidine rings is 1. The van der Waals surface area contributed by atoms with Crippen LogP contribution < -0.4 is 0 Å². The number of ether oxygens (including phenoxy) is 1. The Morgan fingerprint density at radius 3 is 2.43 bits per heavy atom. The van der Waals surface area contributed by atoms with E-state index in [9.17, 15) is 9.59 Å². The lowest BCUT2D eigenvalue weighted by Crippen LogP contribution is -2.41. The molecule has 0 unspecified atom stereocenters. The monoisotopic (exact) mass is 419 g/mol. The first-order valence-electron chi connectivity index (χ1n) is 9.42. The van der Waals surface area contributed by atoms with E-state index in [0.717, 1.165) is 19.3 Å². The molecule has 1 aliphatic rings. The second-order valence-corrected chi connectivity index (χ2v) is 7.93. The molecule has 4 nitrogen and oxygen atoms in total. The van der Waals surface area contributed by atoms with Crippen LogP contribution in [-0.2, 0) is 27.2 Å². The van der Waals surface area contributed by atoms with Crippen molar-refractivity contribution in [2.24, 2.45) is 5.92 Å². The Morgan fingerprint density at radius 1 is 1.04 bits per heavy atom. The third-order valence-corrected chi connectivity index (χ3v) is 5.63. The first-order valence-corrected chi connectivity index (χ1v) is 10.2. The summed E-state index contributed by atoms with van der Waals surface area (Å²) in [5.41, 5.74) is 1.97. The van der Waals surface area contributed by atoms with E-state index in [2.05, 4.69) is 24.3 Å². The van der Waals surface area contributed by atoms with Crippen molar-refractivity contribution in [1.29, 1.82) is 0 Å². The van der Waals surface area contributed by atoms with E-state index in [1.54, 1.807) is 23.1 Å². The minimum atomic E-state index is -0.475. The molecule has 2 aromatic rings. The third-order valence-electron chi connectivity index (χ3n) is 5.04. The van der Waals surface area contributed by atoms with Crippen LogP contribution in [0.15, 0.2) is 48.5 Å². The highest BCUT2D eigenvalue weighted by Crippen LogP contribution is 2.23. The molecule has 28 heavy (non-hydrogen) atoms. The molecule has 1 fully saturated rings. The summed E-state index contributed by atoms with van der Waals surface area (Å²) in [5.74, 6) is -0.0358. The van der Waals surface area contributed by atoms with Gasteiger partial charge in [-0.1, -0.05) is 59.6 Å². The third kappa shape index (κ3) is 5.98. The molecule has 0 bridgehead atoms. The van der Waals surface area contributed by atoms with Crippen molar-refractivity contribution >= 4 is 35.1 Å². The average molecular weight is 420 g/mol. The van der Waals surface area contributed by atoms with Gasteiger partial charge in [-0.05, 0) is 48.4 Å². The zero-order valence-corrected chi connectivity index (χ0v) is 17.1. The summed E-state index contributed by atoms with van der Waals surface area (Å²) in [6, 6.07) is 15.3. The molecule has 0 spiro atoms. The zero-order chi connectivity index (χ0) is 19.9. The summed E-state index contributed by atoms with van der Waals surface area (Å²) >= 11 is 11.9. The van der Waals surface area contributed by atoms with E-state index >= 15 is 0 Å². The number of benzene rings is 2. The molecule has 1 amide bonds. The van der Waals surface area contributed by atoms with E-state index in [1.807, 2.05) is 6.07 Å². The van der Waals surface area contributed by atoms with Gasteiger partial charge < -0.3 is 9.64 Å². The number of amides is 1. The standard InChI is InChI=1S/C22H23Cl2NO3/c23-19-7-6-18(20(24)14-19)13-22(27)28-15-21(26)25-10-8-17(9-11-25)12-16-4-2-1-3-5-16/h1-7,14,17H,8-13,15H2. The lowest BCUT2D eigenvalue weighted by atomic mass is 9.90. The zero-order valence-electron chi connectivity index (χ0n) is 15.6. The summed E-state index contributed by atoms with van der Waals surface area (Å²) in [5, 5.41) is 0.921. The van der Waals surface area contributed by atoms with Gasteiger partial charge in [0.1, 0.15) is 0 Å². The number of hydrogen-bond donors (Lipinski definition) is 0. The van der Waals surface area contributed by atoms with E-state index < -0.39 is 5.97 Å². The number of hydrogen-bond acceptors (Lipinski definition) is 3. The van der Waals surface area contributed by atoms with Gasteiger partial charge in [-0.2, -0.15) is 0 Å². The molecule has 0 aromatic heterocycles. The highest BCUT2D eigenvalue weighted by atomic mass is 35.5. The van der Waals surface area contributed by atoms with Crippen molar-refractivity contribution in [3.05, 3.63) is 69.7 Å². The van der Waals surface area contributed by atoms with E-state index in [1.165, 1.54) is 5.56 Å². The van der Waals surface area contributed by atoms with Gasteiger partial charge in [0.25, 0.3) is 5.91 Å². The summed E-state index contributed by atoms with van der Waals surface area (Å²) in [7, 11) is 0. The smallest absolute Gasteiger partial charge is 0.310 e. The molecular formula is C22H23Cl2NO3. The highest BCUT2D eigenvalue weighted by molar-refractivity contribution is 6.35. The molecule has 2 aromatic carbocycles. The van der Waals surface area contributed by atoms with Gasteiger partial charge in [-0.25, -0.2) is 0 Å². The average Bonchev–Trinajstić information content (AvgIpc) is 2.70. The normalized spacial score (nSPS) is 14.7. The van der Waals surface area contributed by atoms with Crippen molar-refractivity contribution < 1.29 is 14.3 Å². The van der Waals surface area contributed by atoms with E-state index in [0.29, 0.717) is 34.6 Å². The van der Waals surface area contributed by atoms with Gasteiger partial charge in [0.2, 0.25) is 0 Å². The van der Waals surface area contributed by atoms with Crippen molar-refractivity contribution in [3.8, 4) is 0 Å². The second kappa shape index (κ2) is 9.94. The first-order chi connectivity index (χ1) is 13.5. The maximum Gasteiger partial charge on any atom is 0.310 e. The number of carbonyl (C=O) groups excluding carboxylic acids is 2. The van der Waals surface area contributed by atoms with Gasteiger partial charge in [-0.15, -0.1) is 0 Å². The molecular weight excluding hydrogens is 397 g/mol. The molecule has 6 heteroatoms. The molecule has 0 saturated carbocycles. The molecule has 148 valence electrons. The Morgan fingerprint density at radius 2 is 1.75 bits per heavy atom.